The van der Waals surface area contributed by atoms with Gasteiger partial charge in [0.2, 0.25) is 0 Å². The Kier molecular flexibility index (Phi) is 5.19. The van der Waals surface area contributed by atoms with Crippen molar-refractivity contribution in [1.29, 1.82) is 0 Å². The van der Waals surface area contributed by atoms with Gasteiger partial charge in [0.25, 0.3) is 5.91 Å². The molecule has 108 valence electrons. The van der Waals surface area contributed by atoms with Crippen LogP contribution in [0.15, 0.2) is 18.2 Å². The maximum absolute atomic E-state index is 13.7. The van der Waals surface area contributed by atoms with Crippen LogP contribution < -0.4 is 5.32 Å². The highest BCUT2D eigenvalue weighted by Gasteiger charge is 2.25. The monoisotopic (exact) mass is 283 g/mol. The molecule has 20 heavy (non-hydrogen) atoms. The van der Waals surface area contributed by atoms with Gasteiger partial charge < -0.3 is 15.2 Å². The Hall–Kier alpha value is -2.44. The molecule has 0 aliphatic heterocycles. The van der Waals surface area contributed by atoms with E-state index in [-0.39, 0.29) is 11.1 Å². The minimum atomic E-state index is -1.48. The fourth-order valence-corrected chi connectivity index (χ4v) is 1.51. The van der Waals surface area contributed by atoms with Crippen LogP contribution in [0.25, 0.3) is 0 Å². The molecule has 1 atom stereocenters. The number of carbonyl (C=O) groups is 3. The number of carboxylic acids is 1. The maximum Gasteiger partial charge on any atom is 0.326 e. The van der Waals surface area contributed by atoms with Crippen molar-refractivity contribution in [2.45, 2.75) is 19.4 Å². The van der Waals surface area contributed by atoms with Gasteiger partial charge in [0.05, 0.1) is 19.1 Å². The van der Waals surface area contributed by atoms with Crippen LogP contribution in [0.2, 0.25) is 0 Å². The second-order valence-electron chi connectivity index (χ2n) is 4.08. The summed E-state index contributed by atoms with van der Waals surface area (Å²) in [7, 11) is 1.10. The third kappa shape index (κ3) is 3.78. The average Bonchev–Trinajstić information content (AvgIpc) is 2.40. The molecule has 7 heteroatoms. The van der Waals surface area contributed by atoms with Crippen molar-refractivity contribution in [3.63, 3.8) is 0 Å². The Labute approximate surface area is 114 Å². The van der Waals surface area contributed by atoms with E-state index in [1.165, 1.54) is 25.1 Å². The first-order chi connectivity index (χ1) is 9.36. The summed E-state index contributed by atoms with van der Waals surface area (Å²) in [5, 5.41) is 11.0. The highest BCUT2D eigenvalue weighted by Crippen LogP contribution is 2.12. The summed E-state index contributed by atoms with van der Waals surface area (Å²) in [5.74, 6) is -3.83. The third-order valence-electron chi connectivity index (χ3n) is 2.64. The van der Waals surface area contributed by atoms with Crippen molar-refractivity contribution in [3.8, 4) is 0 Å². The normalized spacial score (nSPS) is 11.6. The van der Waals surface area contributed by atoms with Crippen molar-refractivity contribution in [1.82, 2.24) is 5.32 Å². The lowest BCUT2D eigenvalue weighted by Crippen LogP contribution is -2.42. The van der Waals surface area contributed by atoms with E-state index in [2.05, 4.69) is 10.1 Å². The zero-order chi connectivity index (χ0) is 15.3. The zero-order valence-electron chi connectivity index (χ0n) is 11.0. The summed E-state index contributed by atoms with van der Waals surface area (Å²) >= 11 is 0. The molecule has 6 nitrogen and oxygen atoms in total. The second-order valence-corrected chi connectivity index (χ2v) is 4.08. The van der Waals surface area contributed by atoms with Crippen molar-refractivity contribution < 1.29 is 28.6 Å². The molecule has 0 heterocycles. The fourth-order valence-electron chi connectivity index (χ4n) is 1.51. The SMILES string of the molecule is COC(=O)C[C@H](NC(=O)c1cccc(C)c1F)C(=O)O. The highest BCUT2D eigenvalue weighted by atomic mass is 19.1. The number of esters is 1. The van der Waals surface area contributed by atoms with Gasteiger partial charge in [0, 0.05) is 0 Å². The molecule has 2 N–H and O–H groups in total. The molecule has 0 aliphatic carbocycles. The summed E-state index contributed by atoms with van der Waals surface area (Å²) < 4.78 is 18.1. The van der Waals surface area contributed by atoms with Crippen LogP contribution in [0.1, 0.15) is 22.3 Å². The molecular weight excluding hydrogens is 269 g/mol. The van der Waals surface area contributed by atoms with Crippen LogP contribution in [-0.4, -0.2) is 36.1 Å². The molecule has 0 saturated heterocycles. The molecule has 0 unspecified atom stereocenters. The number of rotatable bonds is 5. The van der Waals surface area contributed by atoms with E-state index in [1.54, 1.807) is 0 Å². The summed E-state index contributed by atoms with van der Waals surface area (Å²) in [6.45, 7) is 1.48. The molecule has 1 amide bonds. The van der Waals surface area contributed by atoms with Crippen molar-refractivity contribution >= 4 is 17.8 Å². The highest BCUT2D eigenvalue weighted by molar-refractivity contribution is 5.97. The molecule has 0 aliphatic rings. The van der Waals surface area contributed by atoms with Gasteiger partial charge in [-0.3, -0.25) is 9.59 Å². The minimum Gasteiger partial charge on any atom is -0.480 e. The van der Waals surface area contributed by atoms with Gasteiger partial charge in [-0.15, -0.1) is 0 Å². The number of hydrogen-bond acceptors (Lipinski definition) is 4. The van der Waals surface area contributed by atoms with E-state index < -0.39 is 36.1 Å². The molecule has 0 fully saturated rings. The summed E-state index contributed by atoms with van der Waals surface area (Å²) in [5.41, 5.74) is -0.0152. The number of amides is 1. The molecular formula is C13H14FNO5. The number of carboxylic acid groups (broad SMARTS) is 1. The van der Waals surface area contributed by atoms with Crippen LogP contribution in [0.3, 0.4) is 0 Å². The molecule has 0 saturated carbocycles. The lowest BCUT2D eigenvalue weighted by molar-refractivity contribution is -0.147. The van der Waals surface area contributed by atoms with Gasteiger partial charge in [-0.25, -0.2) is 9.18 Å². The molecule has 0 aromatic heterocycles. The minimum absolute atomic E-state index is 0.262. The Morgan fingerprint density at radius 2 is 2.05 bits per heavy atom. The number of halogens is 1. The van der Waals surface area contributed by atoms with Gasteiger partial charge in [-0.05, 0) is 18.6 Å². The smallest absolute Gasteiger partial charge is 0.326 e. The largest absolute Gasteiger partial charge is 0.480 e. The first-order valence-electron chi connectivity index (χ1n) is 5.72. The summed E-state index contributed by atoms with van der Waals surface area (Å²) in [6.07, 6.45) is -0.537. The van der Waals surface area contributed by atoms with Crippen LogP contribution in [-0.2, 0) is 14.3 Å². The predicted molar refractivity (Wildman–Crippen MR) is 66.7 cm³/mol. The number of hydrogen-bond donors (Lipinski definition) is 2. The molecule has 1 rings (SSSR count). The van der Waals surface area contributed by atoms with Crippen LogP contribution in [0.4, 0.5) is 4.39 Å². The van der Waals surface area contributed by atoms with Crippen molar-refractivity contribution in [3.05, 3.63) is 35.1 Å². The van der Waals surface area contributed by atoms with E-state index >= 15 is 0 Å². The average molecular weight is 283 g/mol. The van der Waals surface area contributed by atoms with Gasteiger partial charge >= 0.3 is 11.9 Å². The molecule has 0 bridgehead atoms. The van der Waals surface area contributed by atoms with Crippen LogP contribution in [0, 0.1) is 12.7 Å². The van der Waals surface area contributed by atoms with E-state index in [0.717, 1.165) is 7.11 Å². The van der Waals surface area contributed by atoms with Gasteiger partial charge in [0.15, 0.2) is 0 Å². The van der Waals surface area contributed by atoms with E-state index in [0.29, 0.717) is 0 Å². The van der Waals surface area contributed by atoms with Crippen LogP contribution >= 0.6 is 0 Å². The van der Waals surface area contributed by atoms with E-state index in [1.807, 2.05) is 0 Å². The van der Waals surface area contributed by atoms with Crippen molar-refractivity contribution in [2.24, 2.45) is 0 Å². The topological polar surface area (TPSA) is 92.7 Å². The number of methoxy groups -OCH3 is 1. The Morgan fingerprint density at radius 3 is 2.60 bits per heavy atom. The molecule has 1 aromatic rings. The Bertz CT molecular complexity index is 544. The summed E-state index contributed by atoms with van der Waals surface area (Å²) in [6, 6.07) is 2.71. The fraction of sp³-hybridized carbons (Fsp3) is 0.308. The van der Waals surface area contributed by atoms with Crippen molar-refractivity contribution in [2.75, 3.05) is 7.11 Å². The molecule has 1 aromatic carbocycles. The quantitative estimate of drug-likeness (QED) is 0.782. The first kappa shape index (κ1) is 15.6. The molecule has 0 spiro atoms. The third-order valence-corrected chi connectivity index (χ3v) is 2.64. The van der Waals surface area contributed by atoms with E-state index in [9.17, 15) is 18.8 Å². The number of aliphatic carboxylic acids is 1. The number of carbonyl (C=O) groups excluding carboxylic acids is 2. The maximum atomic E-state index is 13.7. The number of aryl methyl sites for hydroxylation is 1. The lowest BCUT2D eigenvalue weighted by atomic mass is 10.1. The van der Waals surface area contributed by atoms with Gasteiger partial charge in [-0.1, -0.05) is 12.1 Å². The Morgan fingerprint density at radius 1 is 1.40 bits per heavy atom. The standard InChI is InChI=1S/C13H14FNO5/c1-7-4-3-5-8(11(7)14)12(17)15-9(13(18)19)6-10(16)20-2/h3-5,9H,6H2,1-2H3,(H,15,17)(H,18,19)/t9-/m0/s1. The number of nitrogens with one attached hydrogen (secondary N) is 1. The molecule has 0 radical (unpaired) electrons. The van der Waals surface area contributed by atoms with Crippen LogP contribution in [0.5, 0.6) is 0 Å². The zero-order valence-corrected chi connectivity index (χ0v) is 11.0. The number of ether oxygens (including phenoxy) is 1. The van der Waals surface area contributed by atoms with Gasteiger partial charge in [0.1, 0.15) is 11.9 Å². The van der Waals surface area contributed by atoms with Gasteiger partial charge in [-0.2, -0.15) is 0 Å². The predicted octanol–water partition coefficient (Wildman–Crippen LogP) is 0.880. The number of benzene rings is 1. The lowest BCUT2D eigenvalue weighted by Gasteiger charge is -2.14. The first-order valence-corrected chi connectivity index (χ1v) is 5.72. The second kappa shape index (κ2) is 6.65. The Balaban J connectivity index is 2.88. The van der Waals surface area contributed by atoms with E-state index in [4.69, 9.17) is 5.11 Å². The summed E-state index contributed by atoms with van der Waals surface area (Å²) in [4.78, 5) is 33.8.